The molecule has 1 saturated heterocycles. The van der Waals surface area contributed by atoms with Gasteiger partial charge in [0.25, 0.3) is 0 Å². The van der Waals surface area contributed by atoms with E-state index < -0.39 is 0 Å². The van der Waals surface area contributed by atoms with Crippen LogP contribution in [0.5, 0.6) is 0 Å². The number of imidazole rings is 1. The normalized spacial score (nSPS) is 17.8. The number of aromatic nitrogens is 3. The van der Waals surface area contributed by atoms with Gasteiger partial charge in [0.15, 0.2) is 0 Å². The van der Waals surface area contributed by atoms with E-state index in [-0.39, 0.29) is 18.1 Å². The Morgan fingerprint density at radius 3 is 2.42 bits per heavy atom. The van der Waals surface area contributed by atoms with Crippen LogP contribution in [0.4, 0.5) is 0 Å². The standard InChI is InChI=1S/C27H26BN3O2/c1-26(2)17-32-28(33-27(26,3)4)19-14-12-18(13-15-19)23-25-24(20-9-5-6-10-21(20)29-23)30-22-11-7-8-16-31(22)25/h5-16H,17H2,1-4H3. The third-order valence-electron chi connectivity index (χ3n) is 7.23. The molecule has 4 heterocycles. The highest BCUT2D eigenvalue weighted by atomic mass is 16.6. The van der Waals surface area contributed by atoms with Crippen molar-refractivity contribution in [1.82, 2.24) is 14.4 Å². The Labute approximate surface area is 193 Å². The molecule has 6 rings (SSSR count). The summed E-state index contributed by atoms with van der Waals surface area (Å²) in [5.74, 6) is 0. The van der Waals surface area contributed by atoms with Gasteiger partial charge in [0.05, 0.1) is 22.3 Å². The lowest BCUT2D eigenvalue weighted by atomic mass is 9.69. The molecule has 0 N–H and O–H groups in total. The summed E-state index contributed by atoms with van der Waals surface area (Å²) in [6, 6.07) is 22.6. The molecule has 0 bridgehead atoms. The van der Waals surface area contributed by atoms with E-state index in [1.54, 1.807) is 0 Å². The molecule has 164 valence electrons. The predicted molar refractivity (Wildman–Crippen MR) is 134 cm³/mol. The molecule has 6 heteroatoms. The Kier molecular flexibility index (Phi) is 4.41. The average Bonchev–Trinajstić information content (AvgIpc) is 3.21. The Morgan fingerprint density at radius 1 is 0.879 bits per heavy atom. The number of hydrogen-bond acceptors (Lipinski definition) is 4. The van der Waals surface area contributed by atoms with Crippen molar-refractivity contribution in [2.45, 2.75) is 33.3 Å². The number of para-hydroxylation sites is 1. The molecule has 0 amide bonds. The Bertz CT molecular complexity index is 1510. The summed E-state index contributed by atoms with van der Waals surface area (Å²) in [5, 5.41) is 1.06. The quantitative estimate of drug-likeness (QED) is 0.356. The van der Waals surface area contributed by atoms with Crippen LogP contribution in [0.25, 0.3) is 38.8 Å². The first-order valence-electron chi connectivity index (χ1n) is 11.4. The first-order chi connectivity index (χ1) is 15.8. The first kappa shape index (κ1) is 20.4. The van der Waals surface area contributed by atoms with Crippen LogP contribution >= 0.6 is 0 Å². The highest BCUT2D eigenvalue weighted by Crippen LogP contribution is 2.38. The van der Waals surface area contributed by atoms with E-state index in [0.29, 0.717) is 6.61 Å². The van der Waals surface area contributed by atoms with Crippen LogP contribution in [0.3, 0.4) is 0 Å². The number of nitrogens with zero attached hydrogens (tertiary/aromatic N) is 3. The van der Waals surface area contributed by atoms with Gasteiger partial charge in [-0.05, 0) is 37.5 Å². The van der Waals surface area contributed by atoms with Gasteiger partial charge in [0.2, 0.25) is 0 Å². The molecule has 0 saturated carbocycles. The summed E-state index contributed by atoms with van der Waals surface area (Å²) < 4.78 is 14.5. The summed E-state index contributed by atoms with van der Waals surface area (Å²) in [7, 11) is -0.373. The zero-order valence-electron chi connectivity index (χ0n) is 19.4. The maximum Gasteiger partial charge on any atom is 0.494 e. The molecule has 0 atom stereocenters. The zero-order chi connectivity index (χ0) is 22.8. The number of fused-ring (bicyclic) bond motifs is 5. The van der Waals surface area contributed by atoms with Gasteiger partial charge in [-0.2, -0.15) is 0 Å². The van der Waals surface area contributed by atoms with Crippen LogP contribution in [0.15, 0.2) is 72.9 Å². The minimum Gasteiger partial charge on any atom is -0.407 e. The Hall–Kier alpha value is -3.22. The van der Waals surface area contributed by atoms with Gasteiger partial charge < -0.3 is 9.31 Å². The van der Waals surface area contributed by atoms with E-state index in [0.717, 1.165) is 44.3 Å². The van der Waals surface area contributed by atoms with Crippen molar-refractivity contribution >= 4 is 40.2 Å². The average molecular weight is 435 g/mol. The van der Waals surface area contributed by atoms with E-state index in [1.165, 1.54) is 0 Å². The maximum absolute atomic E-state index is 6.34. The molecular weight excluding hydrogens is 409 g/mol. The van der Waals surface area contributed by atoms with Gasteiger partial charge in [0.1, 0.15) is 11.2 Å². The molecule has 1 aliphatic rings. The predicted octanol–water partition coefficient (Wildman–Crippen LogP) is 5.25. The highest BCUT2D eigenvalue weighted by molar-refractivity contribution is 6.61. The van der Waals surface area contributed by atoms with Crippen LogP contribution in [0.2, 0.25) is 0 Å². The molecule has 1 fully saturated rings. The van der Waals surface area contributed by atoms with Crippen molar-refractivity contribution in [3.8, 4) is 11.3 Å². The van der Waals surface area contributed by atoms with E-state index in [9.17, 15) is 0 Å². The lowest BCUT2D eigenvalue weighted by Gasteiger charge is -2.47. The second kappa shape index (κ2) is 7.14. The number of rotatable bonds is 2. The number of hydrogen-bond donors (Lipinski definition) is 0. The molecule has 33 heavy (non-hydrogen) atoms. The molecular formula is C27H26BN3O2. The molecule has 0 aliphatic carbocycles. The van der Waals surface area contributed by atoms with Gasteiger partial charge in [-0.3, -0.25) is 4.40 Å². The topological polar surface area (TPSA) is 48.7 Å². The minimum atomic E-state index is -0.373. The van der Waals surface area contributed by atoms with Gasteiger partial charge >= 0.3 is 7.12 Å². The van der Waals surface area contributed by atoms with Gasteiger partial charge in [-0.1, -0.05) is 62.4 Å². The van der Waals surface area contributed by atoms with E-state index >= 15 is 0 Å². The monoisotopic (exact) mass is 435 g/mol. The lowest BCUT2D eigenvalue weighted by molar-refractivity contribution is -0.0937. The van der Waals surface area contributed by atoms with Crippen molar-refractivity contribution in [2.75, 3.05) is 6.61 Å². The number of benzene rings is 2. The molecule has 1 aliphatic heterocycles. The van der Waals surface area contributed by atoms with Crippen molar-refractivity contribution in [3.05, 3.63) is 72.9 Å². The van der Waals surface area contributed by atoms with Crippen LogP contribution < -0.4 is 5.46 Å². The van der Waals surface area contributed by atoms with Gasteiger partial charge in [-0.15, -0.1) is 0 Å². The minimum absolute atomic E-state index is 0.0485. The van der Waals surface area contributed by atoms with Crippen molar-refractivity contribution in [3.63, 3.8) is 0 Å². The summed E-state index contributed by atoms with van der Waals surface area (Å²) in [6.07, 6.45) is 2.05. The third-order valence-corrected chi connectivity index (χ3v) is 7.23. The fraction of sp³-hybridized carbons (Fsp3) is 0.259. The Balaban J connectivity index is 1.47. The second-order valence-electron chi connectivity index (χ2n) is 9.99. The SMILES string of the molecule is CC1(C)COB(c2ccc(-c3nc4ccccc4c4nc5ccccn5c34)cc2)OC1(C)C. The molecule has 5 aromatic rings. The van der Waals surface area contributed by atoms with Crippen LogP contribution in [-0.4, -0.2) is 33.7 Å². The summed E-state index contributed by atoms with van der Waals surface area (Å²) in [4.78, 5) is 9.99. The molecule has 0 unspecified atom stereocenters. The smallest absolute Gasteiger partial charge is 0.407 e. The highest BCUT2D eigenvalue weighted by Gasteiger charge is 2.46. The van der Waals surface area contributed by atoms with Crippen LogP contribution in [0, 0.1) is 5.41 Å². The van der Waals surface area contributed by atoms with E-state index in [4.69, 9.17) is 19.3 Å². The van der Waals surface area contributed by atoms with Crippen molar-refractivity contribution in [1.29, 1.82) is 0 Å². The summed E-state index contributed by atoms with van der Waals surface area (Å²) >= 11 is 0. The maximum atomic E-state index is 6.34. The second-order valence-corrected chi connectivity index (χ2v) is 9.99. The molecule has 0 radical (unpaired) electrons. The zero-order valence-corrected chi connectivity index (χ0v) is 19.4. The van der Waals surface area contributed by atoms with Gasteiger partial charge in [0, 0.05) is 29.2 Å². The number of pyridine rings is 2. The van der Waals surface area contributed by atoms with Gasteiger partial charge in [-0.25, -0.2) is 9.97 Å². The van der Waals surface area contributed by atoms with Crippen molar-refractivity contribution < 1.29 is 9.31 Å². The molecule has 3 aromatic heterocycles. The van der Waals surface area contributed by atoms with E-state index in [1.807, 2.05) is 42.6 Å². The van der Waals surface area contributed by atoms with Crippen LogP contribution in [-0.2, 0) is 9.31 Å². The first-order valence-corrected chi connectivity index (χ1v) is 11.4. The molecule has 2 aromatic carbocycles. The summed E-state index contributed by atoms with van der Waals surface area (Å²) in [6.45, 7) is 9.29. The summed E-state index contributed by atoms with van der Waals surface area (Å²) in [5.41, 5.74) is 6.48. The third kappa shape index (κ3) is 3.16. The Morgan fingerprint density at radius 2 is 1.64 bits per heavy atom. The van der Waals surface area contributed by atoms with E-state index in [2.05, 4.69) is 62.4 Å². The van der Waals surface area contributed by atoms with Crippen LogP contribution in [0.1, 0.15) is 27.7 Å². The molecule has 5 nitrogen and oxygen atoms in total. The molecule has 0 spiro atoms. The van der Waals surface area contributed by atoms with Crippen molar-refractivity contribution in [2.24, 2.45) is 5.41 Å². The fourth-order valence-electron chi connectivity index (χ4n) is 4.44. The largest absolute Gasteiger partial charge is 0.494 e. The lowest BCUT2D eigenvalue weighted by Crippen LogP contribution is -2.58. The fourth-order valence-corrected chi connectivity index (χ4v) is 4.44.